The molecule has 1 heterocycles. The Morgan fingerprint density at radius 1 is 1.04 bits per heavy atom. The number of rotatable bonds is 7. The van der Waals surface area contributed by atoms with Gasteiger partial charge in [0.25, 0.3) is 11.8 Å². The zero-order valence-electron chi connectivity index (χ0n) is 15.5. The summed E-state index contributed by atoms with van der Waals surface area (Å²) in [7, 11) is 0. The number of hydrogen-bond acceptors (Lipinski definition) is 6. The molecule has 1 rings (SSSR count). The fourth-order valence-corrected chi connectivity index (χ4v) is 1.93. The van der Waals surface area contributed by atoms with E-state index in [4.69, 9.17) is 9.15 Å². The number of esters is 1. The van der Waals surface area contributed by atoms with Crippen molar-refractivity contribution in [1.29, 1.82) is 0 Å². The molecule has 144 valence electrons. The van der Waals surface area contributed by atoms with Crippen molar-refractivity contribution >= 4 is 23.8 Å². The molecule has 0 unspecified atom stereocenters. The van der Waals surface area contributed by atoms with E-state index < -0.39 is 36.0 Å². The smallest absolute Gasteiger partial charge is 0.329 e. The molecule has 0 fully saturated rings. The second kappa shape index (κ2) is 9.59. The van der Waals surface area contributed by atoms with E-state index in [1.54, 1.807) is 33.8 Å². The van der Waals surface area contributed by atoms with E-state index in [0.29, 0.717) is 0 Å². The van der Waals surface area contributed by atoms with Gasteiger partial charge in [0, 0.05) is 6.04 Å². The first kappa shape index (κ1) is 21.2. The van der Waals surface area contributed by atoms with Crippen molar-refractivity contribution in [3.8, 4) is 0 Å². The summed E-state index contributed by atoms with van der Waals surface area (Å²) >= 11 is 0. The minimum Gasteiger partial charge on any atom is -0.459 e. The topological polar surface area (TPSA) is 127 Å². The molecular formula is C17H25N3O6. The van der Waals surface area contributed by atoms with E-state index in [9.17, 15) is 19.2 Å². The molecule has 0 aromatic carbocycles. The number of amides is 4. The van der Waals surface area contributed by atoms with Crippen LogP contribution < -0.4 is 16.0 Å². The van der Waals surface area contributed by atoms with Crippen LogP contribution in [-0.4, -0.2) is 42.0 Å². The van der Waals surface area contributed by atoms with Crippen LogP contribution >= 0.6 is 0 Å². The molecule has 0 saturated heterocycles. The van der Waals surface area contributed by atoms with Gasteiger partial charge in [0.15, 0.2) is 11.9 Å². The highest BCUT2D eigenvalue weighted by molar-refractivity contribution is 5.98. The third-order valence-electron chi connectivity index (χ3n) is 3.27. The summed E-state index contributed by atoms with van der Waals surface area (Å²) in [6, 6.07) is 1.20. The van der Waals surface area contributed by atoms with Gasteiger partial charge in [0.2, 0.25) is 0 Å². The first-order valence-corrected chi connectivity index (χ1v) is 8.28. The fraction of sp³-hybridized carbons (Fsp3) is 0.529. The Labute approximate surface area is 151 Å². The molecule has 0 radical (unpaired) electrons. The summed E-state index contributed by atoms with van der Waals surface area (Å²) in [6.45, 7) is 8.25. The lowest BCUT2D eigenvalue weighted by Crippen LogP contribution is -2.49. The van der Waals surface area contributed by atoms with Crippen LogP contribution in [0.3, 0.4) is 0 Å². The van der Waals surface area contributed by atoms with Crippen molar-refractivity contribution in [3.05, 3.63) is 24.2 Å². The second-order valence-corrected chi connectivity index (χ2v) is 6.37. The Hall–Kier alpha value is -2.84. The van der Waals surface area contributed by atoms with Gasteiger partial charge in [-0.25, -0.2) is 9.59 Å². The fourth-order valence-electron chi connectivity index (χ4n) is 1.93. The SMILES string of the molecule is CC(C)NC(=O)NC(=O)[C@@H](C)OC(=O)[C@H](NC(=O)c1ccco1)C(C)C. The molecular weight excluding hydrogens is 342 g/mol. The Balaban J connectivity index is 2.64. The highest BCUT2D eigenvalue weighted by Gasteiger charge is 2.30. The van der Waals surface area contributed by atoms with Crippen LogP contribution in [0.25, 0.3) is 0 Å². The predicted octanol–water partition coefficient (Wildman–Crippen LogP) is 1.20. The van der Waals surface area contributed by atoms with Gasteiger partial charge in [0.05, 0.1) is 6.26 Å². The lowest BCUT2D eigenvalue weighted by molar-refractivity contribution is -0.157. The number of nitrogens with one attached hydrogen (secondary N) is 3. The van der Waals surface area contributed by atoms with Crippen LogP contribution in [0.2, 0.25) is 0 Å². The van der Waals surface area contributed by atoms with Gasteiger partial charge in [-0.05, 0) is 38.8 Å². The number of imide groups is 1. The zero-order valence-corrected chi connectivity index (χ0v) is 15.5. The van der Waals surface area contributed by atoms with Gasteiger partial charge in [-0.3, -0.25) is 14.9 Å². The summed E-state index contributed by atoms with van der Waals surface area (Å²) in [5.41, 5.74) is 0. The Bertz CT molecular complexity index is 639. The van der Waals surface area contributed by atoms with Crippen LogP contribution in [0.1, 0.15) is 45.2 Å². The molecule has 0 aliphatic heterocycles. The van der Waals surface area contributed by atoms with Gasteiger partial charge in [-0.2, -0.15) is 0 Å². The predicted molar refractivity (Wildman–Crippen MR) is 92.2 cm³/mol. The Morgan fingerprint density at radius 2 is 1.69 bits per heavy atom. The molecule has 3 N–H and O–H groups in total. The van der Waals surface area contributed by atoms with E-state index in [1.165, 1.54) is 19.3 Å². The summed E-state index contributed by atoms with van der Waals surface area (Å²) < 4.78 is 10.1. The van der Waals surface area contributed by atoms with Crippen LogP contribution in [0.4, 0.5) is 4.79 Å². The largest absolute Gasteiger partial charge is 0.459 e. The first-order valence-electron chi connectivity index (χ1n) is 8.28. The first-order chi connectivity index (χ1) is 12.1. The van der Waals surface area contributed by atoms with Gasteiger partial charge >= 0.3 is 12.0 Å². The molecule has 0 aliphatic rings. The van der Waals surface area contributed by atoms with Gasteiger partial charge < -0.3 is 19.8 Å². The quantitative estimate of drug-likeness (QED) is 0.622. The third kappa shape index (κ3) is 6.58. The molecule has 2 atom stereocenters. The van der Waals surface area contributed by atoms with Crippen molar-refractivity contribution in [1.82, 2.24) is 16.0 Å². The number of urea groups is 1. The maximum absolute atomic E-state index is 12.3. The zero-order chi connectivity index (χ0) is 19.9. The second-order valence-electron chi connectivity index (χ2n) is 6.37. The van der Waals surface area contributed by atoms with Gasteiger partial charge in [-0.1, -0.05) is 13.8 Å². The maximum Gasteiger partial charge on any atom is 0.329 e. The van der Waals surface area contributed by atoms with E-state index in [2.05, 4.69) is 16.0 Å². The number of carbonyl (C=O) groups is 4. The van der Waals surface area contributed by atoms with E-state index >= 15 is 0 Å². The highest BCUT2D eigenvalue weighted by atomic mass is 16.5. The average molecular weight is 367 g/mol. The summed E-state index contributed by atoms with van der Waals surface area (Å²) in [4.78, 5) is 47.8. The van der Waals surface area contributed by atoms with Gasteiger partial charge in [-0.15, -0.1) is 0 Å². The van der Waals surface area contributed by atoms with Crippen LogP contribution in [-0.2, 0) is 14.3 Å². The van der Waals surface area contributed by atoms with E-state index in [-0.39, 0.29) is 17.7 Å². The normalized spacial score (nSPS) is 13.0. The van der Waals surface area contributed by atoms with Crippen molar-refractivity contribution in [3.63, 3.8) is 0 Å². The summed E-state index contributed by atoms with van der Waals surface area (Å²) in [6.07, 6.45) is 0.133. The molecule has 9 nitrogen and oxygen atoms in total. The minimum absolute atomic E-state index is 0.0552. The number of furan rings is 1. The molecule has 26 heavy (non-hydrogen) atoms. The van der Waals surface area contributed by atoms with Crippen LogP contribution in [0.5, 0.6) is 0 Å². The van der Waals surface area contributed by atoms with Crippen molar-refractivity contribution < 1.29 is 28.3 Å². The third-order valence-corrected chi connectivity index (χ3v) is 3.27. The molecule has 0 bridgehead atoms. The Kier molecular flexibility index (Phi) is 7.82. The summed E-state index contributed by atoms with van der Waals surface area (Å²) in [5, 5.41) is 7.08. The summed E-state index contributed by atoms with van der Waals surface area (Å²) in [5.74, 6) is -2.36. The lowest BCUT2D eigenvalue weighted by Gasteiger charge is -2.22. The molecule has 1 aromatic heterocycles. The monoisotopic (exact) mass is 367 g/mol. The lowest BCUT2D eigenvalue weighted by atomic mass is 10.0. The van der Waals surface area contributed by atoms with E-state index in [0.717, 1.165) is 0 Å². The number of carbonyl (C=O) groups excluding carboxylic acids is 4. The van der Waals surface area contributed by atoms with Crippen molar-refractivity contribution in [2.45, 2.75) is 52.8 Å². The minimum atomic E-state index is -1.21. The van der Waals surface area contributed by atoms with Crippen molar-refractivity contribution in [2.75, 3.05) is 0 Å². The van der Waals surface area contributed by atoms with Crippen molar-refractivity contribution in [2.24, 2.45) is 5.92 Å². The number of hydrogen-bond donors (Lipinski definition) is 3. The van der Waals surface area contributed by atoms with Crippen LogP contribution in [0, 0.1) is 5.92 Å². The molecule has 1 aromatic rings. The highest BCUT2D eigenvalue weighted by Crippen LogP contribution is 2.08. The molecule has 0 saturated carbocycles. The molecule has 4 amide bonds. The Morgan fingerprint density at radius 3 is 2.19 bits per heavy atom. The van der Waals surface area contributed by atoms with Gasteiger partial charge in [0.1, 0.15) is 6.04 Å². The standard InChI is InChI=1S/C17H25N3O6/c1-9(2)13(19-15(22)12-7-6-8-25-12)16(23)26-11(5)14(21)20-17(24)18-10(3)4/h6-11,13H,1-5H3,(H,19,22)(H2,18,20,21,24)/t11-,13-/m1/s1. The molecule has 0 aliphatic carbocycles. The van der Waals surface area contributed by atoms with Crippen LogP contribution in [0.15, 0.2) is 22.8 Å². The maximum atomic E-state index is 12.3. The van der Waals surface area contributed by atoms with E-state index in [1.807, 2.05) is 0 Å². The molecule has 9 heteroatoms. The molecule has 0 spiro atoms. The number of ether oxygens (including phenoxy) is 1. The average Bonchev–Trinajstić information content (AvgIpc) is 3.05.